The van der Waals surface area contributed by atoms with E-state index in [9.17, 15) is 0 Å². The van der Waals surface area contributed by atoms with Gasteiger partial charge in [0.25, 0.3) is 11.7 Å². The van der Waals surface area contributed by atoms with Gasteiger partial charge in [0.15, 0.2) is 0 Å². The summed E-state index contributed by atoms with van der Waals surface area (Å²) >= 11 is 0. The lowest BCUT2D eigenvalue weighted by Crippen LogP contribution is -2.34. The highest BCUT2D eigenvalue weighted by molar-refractivity contribution is 6.25. The van der Waals surface area contributed by atoms with Crippen LogP contribution in [0, 0.1) is 0 Å². The summed E-state index contributed by atoms with van der Waals surface area (Å²) in [5, 5.41) is 5.23. The lowest BCUT2D eigenvalue weighted by atomic mass is 9.79. The fourth-order valence-corrected chi connectivity index (χ4v) is 8.28. The van der Waals surface area contributed by atoms with Crippen LogP contribution in [0.2, 0.25) is 0 Å². The van der Waals surface area contributed by atoms with Crippen molar-refractivity contribution in [3.05, 3.63) is 180 Å². The second kappa shape index (κ2) is 9.97. The number of benzene rings is 7. The molecule has 0 saturated heterocycles. The SMILES string of the molecule is CC1(C)c2ccccc2-c2c1c1c3ccccc3n(-c3ccc([N+]4=C(c5ccccc5)N=C4c4ccccc4)cc3)c1c1ccccc21. The molecule has 48 heavy (non-hydrogen) atoms. The van der Waals surface area contributed by atoms with E-state index in [1.165, 1.54) is 54.8 Å². The van der Waals surface area contributed by atoms with E-state index < -0.39 is 0 Å². The molecule has 10 rings (SSSR count). The van der Waals surface area contributed by atoms with E-state index >= 15 is 0 Å². The predicted octanol–water partition coefficient (Wildman–Crippen LogP) is 10.8. The van der Waals surface area contributed by atoms with Gasteiger partial charge in [-0.2, -0.15) is 4.58 Å². The summed E-state index contributed by atoms with van der Waals surface area (Å²) in [7, 11) is 0. The Morgan fingerprint density at radius 3 is 1.92 bits per heavy atom. The number of hydrogen-bond acceptors (Lipinski definition) is 1. The van der Waals surface area contributed by atoms with Gasteiger partial charge in [-0.05, 0) is 82.2 Å². The molecule has 0 saturated carbocycles. The van der Waals surface area contributed by atoms with Gasteiger partial charge in [0.2, 0.25) is 0 Å². The zero-order valence-electron chi connectivity index (χ0n) is 26.9. The Labute approximate surface area is 279 Å². The van der Waals surface area contributed by atoms with Gasteiger partial charge >= 0.3 is 0 Å². The summed E-state index contributed by atoms with van der Waals surface area (Å²) < 4.78 is 4.77. The molecule has 2 heterocycles. The highest BCUT2D eigenvalue weighted by Gasteiger charge is 2.40. The van der Waals surface area contributed by atoms with Crippen molar-refractivity contribution in [3.8, 4) is 16.8 Å². The summed E-state index contributed by atoms with van der Waals surface area (Å²) in [5.74, 6) is 1.92. The molecule has 0 fully saturated rings. The number of hydrogen-bond donors (Lipinski definition) is 0. The third-order valence-electron chi connectivity index (χ3n) is 10.4. The molecular weight excluding hydrogens is 583 g/mol. The minimum absolute atomic E-state index is 0.138. The molecule has 1 aromatic heterocycles. The third kappa shape index (κ3) is 3.64. The zero-order valence-corrected chi connectivity index (χ0v) is 26.9. The second-order valence-electron chi connectivity index (χ2n) is 13.4. The molecule has 0 unspecified atom stereocenters. The monoisotopic (exact) mass is 614 g/mol. The normalized spacial score (nSPS) is 14.7. The predicted molar refractivity (Wildman–Crippen MR) is 199 cm³/mol. The molecule has 1 aliphatic heterocycles. The minimum atomic E-state index is -0.138. The molecule has 7 aromatic carbocycles. The smallest absolute Gasteiger partial charge is 0.279 e. The number of para-hydroxylation sites is 1. The van der Waals surface area contributed by atoms with Crippen molar-refractivity contribution in [2.75, 3.05) is 0 Å². The maximum Gasteiger partial charge on any atom is 0.279 e. The average Bonchev–Trinajstić information content (AvgIpc) is 3.59. The van der Waals surface area contributed by atoms with Crippen molar-refractivity contribution in [1.82, 2.24) is 4.57 Å². The van der Waals surface area contributed by atoms with Gasteiger partial charge in [-0.25, -0.2) is 0 Å². The second-order valence-corrected chi connectivity index (χ2v) is 13.4. The molecule has 0 spiro atoms. The summed E-state index contributed by atoms with van der Waals surface area (Å²) in [4.78, 5) is 5.03. The van der Waals surface area contributed by atoms with Gasteiger partial charge in [0.05, 0.1) is 22.2 Å². The first kappa shape index (κ1) is 27.1. The van der Waals surface area contributed by atoms with Crippen LogP contribution < -0.4 is 0 Å². The quantitative estimate of drug-likeness (QED) is 0.176. The summed E-state index contributed by atoms with van der Waals surface area (Å²) in [6.07, 6.45) is 0. The molecule has 8 aromatic rings. The largest absolute Gasteiger partial charge is 0.309 e. The maximum atomic E-state index is 5.03. The van der Waals surface area contributed by atoms with E-state index in [1.54, 1.807) is 0 Å². The molecule has 0 N–H and O–H groups in total. The first-order chi connectivity index (χ1) is 23.6. The van der Waals surface area contributed by atoms with Crippen molar-refractivity contribution in [1.29, 1.82) is 0 Å². The highest BCUT2D eigenvalue weighted by atomic mass is 15.2. The van der Waals surface area contributed by atoms with Crippen molar-refractivity contribution in [3.63, 3.8) is 0 Å². The van der Waals surface area contributed by atoms with Crippen LogP contribution >= 0.6 is 0 Å². The minimum Gasteiger partial charge on any atom is -0.309 e. The fraction of sp³-hybridized carbons (Fsp3) is 0.0667. The third-order valence-corrected chi connectivity index (χ3v) is 10.4. The van der Waals surface area contributed by atoms with Crippen LogP contribution in [0.5, 0.6) is 0 Å². The van der Waals surface area contributed by atoms with E-state index in [0.29, 0.717) is 0 Å². The number of aliphatic imine (C=N–C) groups is 1. The molecule has 0 amide bonds. The number of aromatic nitrogens is 1. The van der Waals surface area contributed by atoms with Crippen molar-refractivity contribution < 1.29 is 4.58 Å². The van der Waals surface area contributed by atoms with Gasteiger partial charge in [0.1, 0.15) is 5.69 Å². The molecular formula is C45H32N3+. The Morgan fingerprint density at radius 1 is 0.562 bits per heavy atom. The first-order valence-corrected chi connectivity index (χ1v) is 16.7. The van der Waals surface area contributed by atoms with Crippen molar-refractivity contribution in [2.45, 2.75) is 19.3 Å². The molecule has 2 aliphatic rings. The zero-order chi connectivity index (χ0) is 32.0. The molecule has 0 bridgehead atoms. The number of fused-ring (bicyclic) bond motifs is 10. The summed E-state index contributed by atoms with van der Waals surface area (Å²) in [5.41, 5.74) is 12.4. The maximum absolute atomic E-state index is 5.03. The lowest BCUT2D eigenvalue weighted by Gasteiger charge is -2.23. The topological polar surface area (TPSA) is 20.3 Å². The van der Waals surface area contributed by atoms with Crippen molar-refractivity contribution >= 4 is 49.9 Å². The van der Waals surface area contributed by atoms with E-state index in [0.717, 1.165) is 34.2 Å². The van der Waals surface area contributed by atoms with E-state index in [-0.39, 0.29) is 5.41 Å². The first-order valence-electron chi connectivity index (χ1n) is 16.7. The Balaban J connectivity index is 1.22. The van der Waals surface area contributed by atoms with E-state index in [4.69, 9.17) is 4.99 Å². The van der Waals surface area contributed by atoms with E-state index in [1.807, 2.05) is 12.1 Å². The molecule has 3 heteroatoms. The number of nitrogens with zero attached hydrogens (tertiary/aromatic N) is 3. The van der Waals surface area contributed by atoms with Crippen LogP contribution in [-0.4, -0.2) is 20.8 Å². The summed E-state index contributed by atoms with van der Waals surface area (Å²) in [6, 6.07) is 56.8. The molecule has 3 nitrogen and oxygen atoms in total. The number of amidine groups is 2. The Hall–Kier alpha value is -6.06. The van der Waals surface area contributed by atoms with Crippen LogP contribution in [0.1, 0.15) is 36.1 Å². The molecule has 226 valence electrons. The molecule has 0 atom stereocenters. The lowest BCUT2D eigenvalue weighted by molar-refractivity contribution is -0.319. The van der Waals surface area contributed by atoms with E-state index in [2.05, 4.69) is 169 Å². The van der Waals surface area contributed by atoms with Crippen LogP contribution in [-0.2, 0) is 5.41 Å². The Bertz CT molecular complexity index is 2660. The molecule has 1 aliphatic carbocycles. The van der Waals surface area contributed by atoms with Crippen LogP contribution in [0.25, 0.3) is 49.4 Å². The van der Waals surface area contributed by atoms with Crippen LogP contribution in [0.3, 0.4) is 0 Å². The van der Waals surface area contributed by atoms with Gasteiger partial charge in [0, 0.05) is 27.3 Å². The van der Waals surface area contributed by atoms with Crippen molar-refractivity contribution in [2.24, 2.45) is 4.99 Å². The van der Waals surface area contributed by atoms with Gasteiger partial charge in [-0.3, -0.25) is 0 Å². The standard InChI is InChI=1S/C45H32N3/c1-45(2)37-23-13-11-21-35(37)39-33-19-9-10-20-34(33)42-40(41(39)45)36-22-12-14-24-38(36)47(42)31-25-27-32(28-26-31)48-43(29-15-5-3-6-16-29)46-44(48)30-17-7-4-8-18-30/h3-28H,1-2H3/q+1. The summed E-state index contributed by atoms with van der Waals surface area (Å²) in [6.45, 7) is 4.79. The Kier molecular flexibility index (Phi) is 5.63. The highest BCUT2D eigenvalue weighted by Crippen LogP contribution is 2.56. The average molecular weight is 615 g/mol. The van der Waals surface area contributed by atoms with Crippen LogP contribution in [0.4, 0.5) is 5.69 Å². The van der Waals surface area contributed by atoms with Gasteiger partial charge in [-0.15, -0.1) is 0 Å². The van der Waals surface area contributed by atoms with Gasteiger partial charge < -0.3 is 4.57 Å². The number of rotatable bonds is 4. The fourth-order valence-electron chi connectivity index (χ4n) is 8.28. The molecule has 0 radical (unpaired) electrons. The van der Waals surface area contributed by atoms with Crippen LogP contribution in [0.15, 0.2) is 163 Å². The van der Waals surface area contributed by atoms with Gasteiger partial charge in [-0.1, -0.05) is 122 Å². The Morgan fingerprint density at radius 2 is 1.17 bits per heavy atom.